The zero-order valence-corrected chi connectivity index (χ0v) is 15.3. The Kier molecular flexibility index (Phi) is 6.00. The number of ketones is 2. The Morgan fingerprint density at radius 2 is 1.54 bits per heavy atom. The van der Waals surface area contributed by atoms with Gasteiger partial charge in [0, 0.05) is 17.5 Å². The molecule has 3 nitrogen and oxygen atoms in total. The Labute approximate surface area is 155 Å². The number of carbonyl (C=O) groups is 2. The van der Waals surface area contributed by atoms with Gasteiger partial charge in [-0.25, -0.2) is 0 Å². The highest BCUT2D eigenvalue weighted by atomic mass is 16.3. The summed E-state index contributed by atoms with van der Waals surface area (Å²) in [6.07, 6.45) is 4.35. The Balaban J connectivity index is 1.41. The lowest BCUT2D eigenvalue weighted by Gasteiger charge is -2.13. The number of fused-ring (bicyclic) bond motifs is 1. The van der Waals surface area contributed by atoms with Crippen LogP contribution in [0.3, 0.4) is 0 Å². The van der Waals surface area contributed by atoms with Crippen molar-refractivity contribution in [2.24, 2.45) is 5.92 Å². The maximum absolute atomic E-state index is 12.2. The molecule has 0 aliphatic heterocycles. The zero-order valence-electron chi connectivity index (χ0n) is 15.3. The van der Waals surface area contributed by atoms with Gasteiger partial charge < -0.3 is 5.11 Å². The molecule has 136 valence electrons. The Bertz CT molecular complexity index is 751. The smallest absolute Gasteiger partial charge is 0.162 e. The molecule has 1 N–H and O–H groups in total. The van der Waals surface area contributed by atoms with Crippen molar-refractivity contribution in [1.29, 1.82) is 0 Å². The lowest BCUT2D eigenvalue weighted by Crippen LogP contribution is -2.12. The van der Waals surface area contributed by atoms with E-state index in [1.165, 1.54) is 18.1 Å². The van der Waals surface area contributed by atoms with Crippen molar-refractivity contribution in [2.45, 2.75) is 51.6 Å². The molecule has 3 rings (SSSR count). The highest BCUT2D eigenvalue weighted by molar-refractivity contribution is 5.98. The van der Waals surface area contributed by atoms with Crippen molar-refractivity contribution >= 4 is 11.6 Å². The van der Waals surface area contributed by atoms with Crippen LogP contribution in [0, 0.1) is 5.92 Å². The molecule has 0 saturated carbocycles. The van der Waals surface area contributed by atoms with Crippen LogP contribution >= 0.6 is 0 Å². The van der Waals surface area contributed by atoms with Gasteiger partial charge in [-0.15, -0.1) is 0 Å². The van der Waals surface area contributed by atoms with Crippen LogP contribution in [0.4, 0.5) is 0 Å². The van der Waals surface area contributed by atoms with E-state index >= 15 is 0 Å². The number of rotatable bonds is 8. The topological polar surface area (TPSA) is 54.4 Å². The molecule has 1 aliphatic carbocycles. The third-order valence-electron chi connectivity index (χ3n) is 5.36. The first-order chi connectivity index (χ1) is 12.5. The summed E-state index contributed by atoms with van der Waals surface area (Å²) in [7, 11) is 0. The standard InChI is InChI=1S/C23H26O3/c1-16(24)18-7-9-19(10-8-18)23(26)13-12-22(25)11-6-17-14-20-4-2-3-5-21(20)15-17/h2-5,7-10,17,22,25H,6,11-15H2,1H3/t22-/m0/s1. The van der Waals surface area contributed by atoms with Gasteiger partial charge in [-0.1, -0.05) is 48.5 Å². The van der Waals surface area contributed by atoms with Crippen LogP contribution in [0.5, 0.6) is 0 Å². The van der Waals surface area contributed by atoms with E-state index in [9.17, 15) is 14.7 Å². The Hall–Kier alpha value is -2.26. The summed E-state index contributed by atoms with van der Waals surface area (Å²) in [4.78, 5) is 23.5. The van der Waals surface area contributed by atoms with Crippen LogP contribution in [-0.2, 0) is 12.8 Å². The van der Waals surface area contributed by atoms with Crippen molar-refractivity contribution in [3.63, 3.8) is 0 Å². The van der Waals surface area contributed by atoms with Crippen LogP contribution < -0.4 is 0 Å². The molecule has 0 aromatic heterocycles. The van der Waals surface area contributed by atoms with Gasteiger partial charge in [0.05, 0.1) is 6.10 Å². The number of hydrogen-bond acceptors (Lipinski definition) is 3. The molecule has 0 unspecified atom stereocenters. The van der Waals surface area contributed by atoms with Gasteiger partial charge in [0.25, 0.3) is 0 Å². The van der Waals surface area contributed by atoms with E-state index in [0.29, 0.717) is 29.9 Å². The van der Waals surface area contributed by atoms with E-state index < -0.39 is 6.10 Å². The minimum atomic E-state index is -0.431. The van der Waals surface area contributed by atoms with Crippen LogP contribution in [-0.4, -0.2) is 22.8 Å². The van der Waals surface area contributed by atoms with Crippen LogP contribution in [0.2, 0.25) is 0 Å². The molecule has 3 heteroatoms. The number of hydrogen-bond donors (Lipinski definition) is 1. The van der Waals surface area contributed by atoms with E-state index in [1.807, 2.05) is 0 Å². The van der Waals surface area contributed by atoms with E-state index in [-0.39, 0.29) is 11.6 Å². The molecule has 0 saturated heterocycles. The average molecular weight is 350 g/mol. The summed E-state index contributed by atoms with van der Waals surface area (Å²) in [6, 6.07) is 15.3. The number of aliphatic hydroxyl groups excluding tert-OH is 1. The lowest BCUT2D eigenvalue weighted by atomic mass is 9.95. The predicted octanol–water partition coefficient (Wildman–Crippen LogP) is 4.41. The van der Waals surface area contributed by atoms with E-state index in [2.05, 4.69) is 24.3 Å². The summed E-state index contributed by atoms with van der Waals surface area (Å²) < 4.78 is 0. The molecule has 0 fully saturated rings. The van der Waals surface area contributed by atoms with Crippen LogP contribution in [0.15, 0.2) is 48.5 Å². The summed E-state index contributed by atoms with van der Waals surface area (Å²) in [5.74, 6) is 0.623. The Morgan fingerprint density at radius 3 is 2.12 bits per heavy atom. The molecule has 2 aromatic rings. The van der Waals surface area contributed by atoms with Gasteiger partial charge in [-0.3, -0.25) is 9.59 Å². The van der Waals surface area contributed by atoms with Gasteiger partial charge in [-0.05, 0) is 56.1 Å². The first-order valence-electron chi connectivity index (χ1n) is 9.42. The normalized spacial score (nSPS) is 14.8. The molecule has 0 amide bonds. The average Bonchev–Trinajstić information content (AvgIpc) is 3.07. The highest BCUT2D eigenvalue weighted by Crippen LogP contribution is 2.30. The minimum Gasteiger partial charge on any atom is -0.393 e. The van der Waals surface area contributed by atoms with E-state index in [0.717, 1.165) is 25.7 Å². The Morgan fingerprint density at radius 1 is 0.962 bits per heavy atom. The second-order valence-electron chi connectivity index (χ2n) is 7.37. The summed E-state index contributed by atoms with van der Waals surface area (Å²) in [5, 5.41) is 10.2. The van der Waals surface area contributed by atoms with Crippen LogP contribution in [0.25, 0.3) is 0 Å². The molecule has 1 aliphatic rings. The molecule has 0 spiro atoms. The number of aliphatic hydroxyl groups is 1. The highest BCUT2D eigenvalue weighted by Gasteiger charge is 2.21. The third kappa shape index (κ3) is 4.67. The zero-order chi connectivity index (χ0) is 18.5. The van der Waals surface area contributed by atoms with Crippen molar-refractivity contribution in [3.8, 4) is 0 Å². The van der Waals surface area contributed by atoms with E-state index in [4.69, 9.17) is 0 Å². The quantitative estimate of drug-likeness (QED) is 0.718. The fourth-order valence-corrected chi connectivity index (χ4v) is 3.76. The summed E-state index contributed by atoms with van der Waals surface area (Å²) >= 11 is 0. The molecule has 0 bridgehead atoms. The van der Waals surface area contributed by atoms with Crippen molar-refractivity contribution in [2.75, 3.05) is 0 Å². The molecule has 1 atom stereocenters. The molecular formula is C23H26O3. The first kappa shape index (κ1) is 18.5. The van der Waals surface area contributed by atoms with Crippen molar-refractivity contribution in [1.82, 2.24) is 0 Å². The van der Waals surface area contributed by atoms with Crippen molar-refractivity contribution < 1.29 is 14.7 Å². The SMILES string of the molecule is CC(=O)c1ccc(C(=O)CC[C@@H](O)CCC2Cc3ccccc3C2)cc1. The molecule has 2 aromatic carbocycles. The largest absolute Gasteiger partial charge is 0.393 e. The maximum Gasteiger partial charge on any atom is 0.162 e. The lowest BCUT2D eigenvalue weighted by molar-refractivity contribution is 0.0926. The summed E-state index contributed by atoms with van der Waals surface area (Å²) in [6.45, 7) is 1.51. The third-order valence-corrected chi connectivity index (χ3v) is 5.36. The summed E-state index contributed by atoms with van der Waals surface area (Å²) in [5.41, 5.74) is 4.10. The van der Waals surface area contributed by atoms with Crippen LogP contribution in [0.1, 0.15) is 64.4 Å². The van der Waals surface area contributed by atoms with E-state index in [1.54, 1.807) is 24.3 Å². The minimum absolute atomic E-state index is 0.00603. The second kappa shape index (κ2) is 8.41. The fourth-order valence-electron chi connectivity index (χ4n) is 3.76. The number of benzene rings is 2. The first-order valence-corrected chi connectivity index (χ1v) is 9.42. The number of carbonyl (C=O) groups excluding carboxylic acids is 2. The monoisotopic (exact) mass is 350 g/mol. The maximum atomic E-state index is 12.2. The van der Waals surface area contributed by atoms with Crippen molar-refractivity contribution in [3.05, 3.63) is 70.8 Å². The van der Waals surface area contributed by atoms with Gasteiger partial charge in [0.1, 0.15) is 0 Å². The molecule has 0 radical (unpaired) electrons. The number of Topliss-reactive ketones (excluding diaryl/α,β-unsaturated/α-hetero) is 2. The van der Waals surface area contributed by atoms with Gasteiger partial charge in [-0.2, -0.15) is 0 Å². The molecule has 26 heavy (non-hydrogen) atoms. The molecular weight excluding hydrogens is 324 g/mol. The fraction of sp³-hybridized carbons (Fsp3) is 0.391. The van der Waals surface area contributed by atoms with Gasteiger partial charge in [0.15, 0.2) is 11.6 Å². The van der Waals surface area contributed by atoms with Gasteiger partial charge >= 0.3 is 0 Å². The van der Waals surface area contributed by atoms with Gasteiger partial charge in [0.2, 0.25) is 0 Å². The molecule has 0 heterocycles. The second-order valence-corrected chi connectivity index (χ2v) is 7.37. The predicted molar refractivity (Wildman–Crippen MR) is 103 cm³/mol.